The lowest BCUT2D eigenvalue weighted by Gasteiger charge is -2.23. The summed E-state index contributed by atoms with van der Waals surface area (Å²) in [6.07, 6.45) is 3.01. The molecule has 0 radical (unpaired) electrons. The lowest BCUT2D eigenvalue weighted by molar-refractivity contribution is -0.126. The van der Waals surface area contributed by atoms with Crippen molar-refractivity contribution in [2.45, 2.75) is 12.3 Å². The number of thioether (sulfide) groups is 1. The van der Waals surface area contributed by atoms with Crippen LogP contribution in [0.15, 0.2) is 54.6 Å². The quantitative estimate of drug-likeness (QED) is 0.778. The average molecular weight is 327 g/mol. The van der Waals surface area contributed by atoms with Crippen LogP contribution in [0.4, 0.5) is 4.39 Å². The Labute approximate surface area is 140 Å². The van der Waals surface area contributed by atoms with Gasteiger partial charge in [0.25, 0.3) is 0 Å². The highest BCUT2D eigenvalue weighted by atomic mass is 32.2. The van der Waals surface area contributed by atoms with Gasteiger partial charge in [-0.1, -0.05) is 48.0 Å². The van der Waals surface area contributed by atoms with Gasteiger partial charge in [-0.3, -0.25) is 4.79 Å². The van der Waals surface area contributed by atoms with E-state index in [1.807, 2.05) is 11.8 Å². The Morgan fingerprint density at radius 3 is 2.70 bits per heavy atom. The van der Waals surface area contributed by atoms with Crippen LogP contribution in [0.5, 0.6) is 0 Å². The van der Waals surface area contributed by atoms with E-state index in [1.165, 1.54) is 17.7 Å². The van der Waals surface area contributed by atoms with Crippen molar-refractivity contribution in [1.82, 2.24) is 4.90 Å². The van der Waals surface area contributed by atoms with Gasteiger partial charge in [0.15, 0.2) is 0 Å². The Hall–Kier alpha value is -2.07. The molecule has 0 aliphatic carbocycles. The molecule has 118 valence electrons. The van der Waals surface area contributed by atoms with Gasteiger partial charge in [0, 0.05) is 23.9 Å². The van der Waals surface area contributed by atoms with Crippen LogP contribution in [0.25, 0.3) is 6.08 Å². The second-order valence-electron chi connectivity index (χ2n) is 5.52. The molecule has 4 heteroatoms. The monoisotopic (exact) mass is 327 g/mol. The molecule has 1 aliphatic heterocycles. The highest BCUT2D eigenvalue weighted by Crippen LogP contribution is 2.38. The van der Waals surface area contributed by atoms with E-state index in [1.54, 1.807) is 36.0 Å². The highest BCUT2D eigenvalue weighted by Gasteiger charge is 2.29. The molecule has 1 atom stereocenters. The van der Waals surface area contributed by atoms with Crippen molar-refractivity contribution in [1.29, 1.82) is 0 Å². The standard InChI is InChI=1S/C19H18FNOS/c1-14-6-8-16(9-7-14)19-21(12-13-23-19)18(22)11-10-15-4-2-3-5-17(15)20/h2-11,19H,12-13H2,1H3/b11-10+. The van der Waals surface area contributed by atoms with Crippen molar-refractivity contribution in [3.8, 4) is 0 Å². The zero-order valence-electron chi connectivity index (χ0n) is 12.9. The van der Waals surface area contributed by atoms with E-state index >= 15 is 0 Å². The number of nitrogens with zero attached hydrogens (tertiary/aromatic N) is 1. The van der Waals surface area contributed by atoms with E-state index < -0.39 is 0 Å². The minimum atomic E-state index is -0.317. The Balaban J connectivity index is 1.76. The third-order valence-electron chi connectivity index (χ3n) is 3.85. The second-order valence-corrected chi connectivity index (χ2v) is 6.71. The number of benzene rings is 2. The number of hydrogen-bond donors (Lipinski definition) is 0. The van der Waals surface area contributed by atoms with Gasteiger partial charge in [-0.05, 0) is 24.6 Å². The number of hydrogen-bond acceptors (Lipinski definition) is 2. The molecule has 0 saturated carbocycles. The molecule has 1 aliphatic rings. The molecule has 1 fully saturated rings. The molecule has 2 aromatic rings. The first-order chi connectivity index (χ1) is 11.1. The van der Waals surface area contributed by atoms with Crippen molar-refractivity contribution < 1.29 is 9.18 Å². The van der Waals surface area contributed by atoms with Gasteiger partial charge in [-0.25, -0.2) is 4.39 Å². The fourth-order valence-electron chi connectivity index (χ4n) is 2.57. The van der Waals surface area contributed by atoms with Crippen LogP contribution < -0.4 is 0 Å². The topological polar surface area (TPSA) is 20.3 Å². The van der Waals surface area contributed by atoms with Crippen LogP contribution in [-0.4, -0.2) is 23.1 Å². The first-order valence-electron chi connectivity index (χ1n) is 7.56. The zero-order chi connectivity index (χ0) is 16.2. The summed E-state index contributed by atoms with van der Waals surface area (Å²) in [6.45, 7) is 2.76. The van der Waals surface area contributed by atoms with Gasteiger partial charge in [-0.2, -0.15) is 0 Å². The van der Waals surface area contributed by atoms with E-state index in [-0.39, 0.29) is 17.1 Å². The van der Waals surface area contributed by atoms with Crippen molar-refractivity contribution >= 4 is 23.7 Å². The van der Waals surface area contributed by atoms with Gasteiger partial charge in [0.1, 0.15) is 11.2 Å². The summed E-state index contributed by atoms with van der Waals surface area (Å²) >= 11 is 1.76. The molecule has 23 heavy (non-hydrogen) atoms. The van der Waals surface area contributed by atoms with E-state index in [9.17, 15) is 9.18 Å². The third-order valence-corrected chi connectivity index (χ3v) is 5.11. The predicted octanol–water partition coefficient (Wildman–Crippen LogP) is 4.42. The SMILES string of the molecule is Cc1ccc(C2SCCN2C(=O)/C=C/c2ccccc2F)cc1. The molecule has 2 nitrogen and oxygen atoms in total. The number of amides is 1. The Kier molecular flexibility index (Phi) is 4.82. The Morgan fingerprint density at radius 2 is 1.96 bits per heavy atom. The second kappa shape index (κ2) is 7.01. The molecular formula is C19H18FNOS. The summed E-state index contributed by atoms with van der Waals surface area (Å²) in [7, 11) is 0. The number of halogens is 1. The minimum absolute atomic E-state index is 0.0355. The van der Waals surface area contributed by atoms with E-state index in [4.69, 9.17) is 0 Å². The Bertz CT molecular complexity index is 726. The molecule has 0 N–H and O–H groups in total. The van der Waals surface area contributed by atoms with Crippen LogP contribution in [0.1, 0.15) is 22.1 Å². The number of carbonyl (C=O) groups is 1. The molecule has 1 saturated heterocycles. The van der Waals surface area contributed by atoms with Crippen LogP contribution in [0, 0.1) is 12.7 Å². The highest BCUT2D eigenvalue weighted by molar-refractivity contribution is 7.99. The summed E-state index contributed by atoms with van der Waals surface area (Å²) < 4.78 is 13.6. The molecule has 2 aromatic carbocycles. The molecule has 1 heterocycles. The van der Waals surface area contributed by atoms with Gasteiger partial charge in [0.2, 0.25) is 5.91 Å². The summed E-state index contributed by atoms with van der Waals surface area (Å²) in [5.41, 5.74) is 2.76. The van der Waals surface area contributed by atoms with E-state index in [0.29, 0.717) is 12.1 Å². The minimum Gasteiger partial charge on any atom is -0.322 e. The Morgan fingerprint density at radius 1 is 1.22 bits per heavy atom. The van der Waals surface area contributed by atoms with Crippen molar-refractivity contribution in [2.75, 3.05) is 12.3 Å². The molecular weight excluding hydrogens is 309 g/mol. The molecule has 0 bridgehead atoms. The third kappa shape index (κ3) is 3.64. The molecule has 3 rings (SSSR count). The van der Waals surface area contributed by atoms with Crippen LogP contribution in [-0.2, 0) is 4.79 Å². The number of aryl methyl sites for hydroxylation is 1. The summed E-state index contributed by atoms with van der Waals surface area (Å²) in [5.74, 6) is 0.518. The van der Waals surface area contributed by atoms with Gasteiger partial charge >= 0.3 is 0 Å². The first kappa shape index (κ1) is 15.8. The lowest BCUT2D eigenvalue weighted by atomic mass is 10.1. The van der Waals surface area contributed by atoms with Gasteiger partial charge < -0.3 is 4.90 Å². The van der Waals surface area contributed by atoms with Crippen molar-refractivity contribution in [3.63, 3.8) is 0 Å². The zero-order valence-corrected chi connectivity index (χ0v) is 13.7. The first-order valence-corrected chi connectivity index (χ1v) is 8.61. The van der Waals surface area contributed by atoms with Gasteiger partial charge in [0.05, 0.1) is 0 Å². The number of carbonyl (C=O) groups excluding carboxylic acids is 1. The smallest absolute Gasteiger partial charge is 0.247 e. The maximum absolute atomic E-state index is 13.6. The summed E-state index contributed by atoms with van der Waals surface area (Å²) in [5, 5.41) is 0.0355. The lowest BCUT2D eigenvalue weighted by Crippen LogP contribution is -2.28. The van der Waals surface area contributed by atoms with Crippen LogP contribution in [0.2, 0.25) is 0 Å². The molecule has 0 aromatic heterocycles. The number of rotatable bonds is 3. The van der Waals surface area contributed by atoms with E-state index in [2.05, 4.69) is 24.3 Å². The van der Waals surface area contributed by atoms with E-state index in [0.717, 1.165) is 11.3 Å². The van der Waals surface area contributed by atoms with Crippen molar-refractivity contribution in [3.05, 3.63) is 77.1 Å². The predicted molar refractivity (Wildman–Crippen MR) is 93.5 cm³/mol. The van der Waals surface area contributed by atoms with Crippen LogP contribution in [0.3, 0.4) is 0 Å². The fraction of sp³-hybridized carbons (Fsp3) is 0.211. The van der Waals surface area contributed by atoms with Crippen LogP contribution >= 0.6 is 11.8 Å². The maximum atomic E-state index is 13.6. The molecule has 1 amide bonds. The average Bonchev–Trinajstić information content (AvgIpc) is 3.04. The maximum Gasteiger partial charge on any atom is 0.247 e. The largest absolute Gasteiger partial charge is 0.322 e. The molecule has 1 unspecified atom stereocenters. The normalized spacial score (nSPS) is 17.8. The molecule has 0 spiro atoms. The fourth-order valence-corrected chi connectivity index (χ4v) is 3.83. The summed E-state index contributed by atoms with van der Waals surface area (Å²) in [4.78, 5) is 14.3. The van der Waals surface area contributed by atoms with Gasteiger partial charge in [-0.15, -0.1) is 11.8 Å². The summed E-state index contributed by atoms with van der Waals surface area (Å²) in [6, 6.07) is 14.7. The van der Waals surface area contributed by atoms with Crippen molar-refractivity contribution in [2.24, 2.45) is 0 Å².